The summed E-state index contributed by atoms with van der Waals surface area (Å²) >= 11 is 0. The number of pyridine rings is 1. The summed E-state index contributed by atoms with van der Waals surface area (Å²) in [5.41, 5.74) is 5.76. The molecule has 3 fully saturated rings. The SMILES string of the molecule is Cc1cc(-c2ccc3ncc(C(=O)C4CC4)c(N4CCC(CN5CCOCC5)CC4)c3c2)ccc1O. The highest BCUT2D eigenvalue weighted by molar-refractivity contribution is 6.10. The molecule has 1 saturated carbocycles. The van der Waals surface area contributed by atoms with Crippen molar-refractivity contribution in [2.24, 2.45) is 11.8 Å². The number of phenolic OH excluding ortho intramolecular Hbond substituents is 1. The lowest BCUT2D eigenvalue weighted by molar-refractivity contribution is 0.0289. The van der Waals surface area contributed by atoms with Gasteiger partial charge >= 0.3 is 0 Å². The summed E-state index contributed by atoms with van der Waals surface area (Å²) in [6.45, 7) is 8.74. The second kappa shape index (κ2) is 9.83. The molecule has 0 bridgehead atoms. The molecule has 0 atom stereocenters. The third kappa shape index (κ3) is 4.72. The van der Waals surface area contributed by atoms with Crippen molar-refractivity contribution in [2.75, 3.05) is 50.8 Å². The van der Waals surface area contributed by atoms with E-state index in [1.54, 1.807) is 6.07 Å². The highest BCUT2D eigenvalue weighted by Gasteiger charge is 2.34. The molecule has 3 heterocycles. The summed E-state index contributed by atoms with van der Waals surface area (Å²) in [6, 6.07) is 12.1. The molecule has 36 heavy (non-hydrogen) atoms. The van der Waals surface area contributed by atoms with Crippen molar-refractivity contribution >= 4 is 22.4 Å². The van der Waals surface area contributed by atoms with Crippen molar-refractivity contribution < 1.29 is 14.6 Å². The van der Waals surface area contributed by atoms with Crippen LogP contribution in [0, 0.1) is 18.8 Å². The van der Waals surface area contributed by atoms with E-state index in [4.69, 9.17) is 9.72 Å². The Kier molecular flexibility index (Phi) is 6.40. The molecule has 2 saturated heterocycles. The number of anilines is 1. The van der Waals surface area contributed by atoms with Gasteiger partial charge in [0, 0.05) is 50.2 Å². The highest BCUT2D eigenvalue weighted by Crippen LogP contribution is 2.40. The third-order valence-corrected chi connectivity index (χ3v) is 8.13. The van der Waals surface area contributed by atoms with Crippen LogP contribution in [0.1, 0.15) is 41.6 Å². The Hall–Kier alpha value is -2.96. The third-order valence-electron chi connectivity index (χ3n) is 8.13. The smallest absolute Gasteiger partial charge is 0.169 e. The van der Waals surface area contributed by atoms with Gasteiger partial charge in [0.25, 0.3) is 0 Å². The van der Waals surface area contributed by atoms with E-state index >= 15 is 0 Å². The molecule has 188 valence electrons. The van der Waals surface area contributed by atoms with Gasteiger partial charge in [-0.25, -0.2) is 0 Å². The maximum Gasteiger partial charge on any atom is 0.169 e. The number of rotatable bonds is 6. The lowest BCUT2D eigenvalue weighted by Crippen LogP contribution is -2.43. The van der Waals surface area contributed by atoms with Gasteiger partial charge in [0.2, 0.25) is 0 Å². The molecular formula is C30H35N3O3. The lowest BCUT2D eigenvalue weighted by Gasteiger charge is -2.38. The number of aromatic hydroxyl groups is 1. The number of ether oxygens (including phenoxy) is 1. The summed E-state index contributed by atoms with van der Waals surface area (Å²) in [5, 5.41) is 11.0. The normalized spacial score (nSPS) is 19.6. The van der Waals surface area contributed by atoms with Gasteiger partial charge in [-0.05, 0) is 79.5 Å². The van der Waals surface area contributed by atoms with E-state index in [2.05, 4.69) is 28.0 Å². The van der Waals surface area contributed by atoms with Gasteiger partial charge < -0.3 is 14.7 Å². The van der Waals surface area contributed by atoms with Crippen molar-refractivity contribution in [3.8, 4) is 16.9 Å². The molecule has 6 heteroatoms. The molecule has 6 rings (SSSR count). The predicted molar refractivity (Wildman–Crippen MR) is 143 cm³/mol. The van der Waals surface area contributed by atoms with Crippen LogP contribution in [-0.2, 0) is 4.74 Å². The van der Waals surface area contributed by atoms with E-state index in [0.29, 0.717) is 11.7 Å². The number of hydrogen-bond acceptors (Lipinski definition) is 6. The Bertz CT molecular complexity index is 1270. The van der Waals surface area contributed by atoms with Crippen molar-refractivity contribution in [3.05, 3.63) is 53.7 Å². The summed E-state index contributed by atoms with van der Waals surface area (Å²) in [4.78, 5) is 23.1. The fourth-order valence-electron chi connectivity index (χ4n) is 5.77. The van der Waals surface area contributed by atoms with Crippen molar-refractivity contribution in [3.63, 3.8) is 0 Å². The molecule has 0 spiro atoms. The Morgan fingerprint density at radius 3 is 2.44 bits per heavy atom. The van der Waals surface area contributed by atoms with E-state index < -0.39 is 0 Å². The van der Waals surface area contributed by atoms with Crippen LogP contribution in [0.3, 0.4) is 0 Å². The first kappa shape index (κ1) is 23.4. The number of phenols is 1. The van der Waals surface area contributed by atoms with Gasteiger partial charge in [-0.1, -0.05) is 12.1 Å². The zero-order valence-corrected chi connectivity index (χ0v) is 21.1. The number of benzene rings is 2. The Labute approximate surface area is 212 Å². The highest BCUT2D eigenvalue weighted by atomic mass is 16.5. The number of fused-ring (bicyclic) bond motifs is 1. The number of morpholine rings is 1. The minimum atomic E-state index is 0.157. The monoisotopic (exact) mass is 485 g/mol. The van der Waals surface area contributed by atoms with Crippen LogP contribution in [0.2, 0.25) is 0 Å². The van der Waals surface area contributed by atoms with E-state index in [1.165, 1.54) is 0 Å². The molecule has 1 N–H and O–H groups in total. The van der Waals surface area contributed by atoms with Gasteiger partial charge in [-0.2, -0.15) is 0 Å². The minimum absolute atomic E-state index is 0.157. The summed E-state index contributed by atoms with van der Waals surface area (Å²) in [7, 11) is 0. The largest absolute Gasteiger partial charge is 0.508 e. The maximum absolute atomic E-state index is 13.4. The fourth-order valence-corrected chi connectivity index (χ4v) is 5.77. The molecule has 2 aromatic carbocycles. The number of carbonyl (C=O) groups excluding carboxylic acids is 1. The summed E-state index contributed by atoms with van der Waals surface area (Å²) in [5.74, 6) is 1.40. The van der Waals surface area contributed by atoms with Crippen molar-refractivity contribution in [1.82, 2.24) is 9.88 Å². The van der Waals surface area contributed by atoms with Crippen LogP contribution in [0.25, 0.3) is 22.0 Å². The van der Waals surface area contributed by atoms with Crippen LogP contribution < -0.4 is 4.90 Å². The molecule has 0 unspecified atom stereocenters. The van der Waals surface area contributed by atoms with Crippen LogP contribution in [0.5, 0.6) is 5.75 Å². The second-order valence-corrected chi connectivity index (χ2v) is 10.7. The average molecular weight is 486 g/mol. The minimum Gasteiger partial charge on any atom is -0.508 e. The quantitative estimate of drug-likeness (QED) is 0.493. The molecule has 0 amide bonds. The molecule has 3 aromatic rings. The van der Waals surface area contributed by atoms with Gasteiger partial charge in [0.15, 0.2) is 5.78 Å². The Balaban J connectivity index is 1.33. The topological polar surface area (TPSA) is 65.9 Å². The first-order valence-electron chi connectivity index (χ1n) is 13.4. The maximum atomic E-state index is 13.4. The number of hydrogen-bond donors (Lipinski definition) is 1. The van der Waals surface area contributed by atoms with Crippen LogP contribution in [0.15, 0.2) is 42.6 Å². The number of carbonyl (C=O) groups is 1. The standard InChI is InChI=1S/C30H35N3O3/c1-20-16-23(5-7-28(20)34)24-4-6-27-25(17-24)29(26(18-31-27)30(35)22-2-3-22)33-10-8-21(9-11-33)19-32-12-14-36-15-13-32/h4-7,16-18,21-22,34H,2-3,8-15,19H2,1H3. The number of Topliss-reactive ketones (excluding diaryl/α,β-unsaturated/α-hetero) is 1. The second-order valence-electron chi connectivity index (χ2n) is 10.7. The lowest BCUT2D eigenvalue weighted by atomic mass is 9.93. The Morgan fingerprint density at radius 1 is 1.00 bits per heavy atom. The van der Waals surface area contributed by atoms with Gasteiger partial charge in [-0.15, -0.1) is 0 Å². The number of piperidine rings is 1. The zero-order chi connectivity index (χ0) is 24.6. The predicted octanol–water partition coefficient (Wildman–Crippen LogP) is 5.06. The Morgan fingerprint density at radius 2 is 1.72 bits per heavy atom. The molecule has 0 radical (unpaired) electrons. The molecule has 3 aliphatic rings. The molecule has 1 aromatic heterocycles. The van der Waals surface area contributed by atoms with Gasteiger partial charge in [0.05, 0.1) is 30.0 Å². The van der Waals surface area contributed by atoms with E-state index in [0.717, 1.165) is 110 Å². The summed E-state index contributed by atoms with van der Waals surface area (Å²) in [6.07, 6.45) is 6.07. The van der Waals surface area contributed by atoms with Crippen LogP contribution in [0.4, 0.5) is 5.69 Å². The fraction of sp³-hybridized carbons (Fsp3) is 0.467. The van der Waals surface area contributed by atoms with E-state index in [9.17, 15) is 9.90 Å². The van der Waals surface area contributed by atoms with E-state index in [-0.39, 0.29) is 11.7 Å². The molecule has 2 aliphatic heterocycles. The van der Waals surface area contributed by atoms with Gasteiger partial charge in [0.1, 0.15) is 5.75 Å². The van der Waals surface area contributed by atoms with Crippen molar-refractivity contribution in [2.45, 2.75) is 32.6 Å². The first-order valence-corrected chi connectivity index (χ1v) is 13.4. The first-order chi connectivity index (χ1) is 17.6. The van der Waals surface area contributed by atoms with Crippen LogP contribution in [-0.4, -0.2) is 66.7 Å². The molecule has 1 aliphatic carbocycles. The average Bonchev–Trinajstić information content (AvgIpc) is 3.76. The number of aromatic nitrogens is 1. The zero-order valence-electron chi connectivity index (χ0n) is 21.1. The van der Waals surface area contributed by atoms with Crippen molar-refractivity contribution in [1.29, 1.82) is 0 Å². The van der Waals surface area contributed by atoms with Gasteiger partial charge in [-0.3, -0.25) is 14.7 Å². The number of nitrogens with zero attached hydrogens (tertiary/aromatic N) is 3. The summed E-state index contributed by atoms with van der Waals surface area (Å²) < 4.78 is 5.52. The van der Waals surface area contributed by atoms with Crippen LogP contribution >= 0.6 is 0 Å². The molecule has 6 nitrogen and oxygen atoms in total. The van der Waals surface area contributed by atoms with E-state index in [1.807, 2.05) is 25.3 Å². The molecular weight excluding hydrogens is 450 g/mol. The number of ketones is 1. The number of aryl methyl sites for hydroxylation is 1.